The minimum atomic E-state index is -2.15. The van der Waals surface area contributed by atoms with Crippen molar-refractivity contribution in [1.82, 2.24) is 0 Å². The normalized spacial score (nSPS) is 19.3. The van der Waals surface area contributed by atoms with Crippen LogP contribution in [-0.2, 0) is 4.79 Å². The van der Waals surface area contributed by atoms with E-state index in [4.69, 9.17) is 12.2 Å². The van der Waals surface area contributed by atoms with Crippen molar-refractivity contribution in [3.8, 4) is 17.2 Å². The lowest BCUT2D eigenvalue weighted by Crippen LogP contribution is -1.93. The fourth-order valence-corrected chi connectivity index (χ4v) is 0.892. The molecule has 0 saturated carbocycles. The molecule has 12 heavy (non-hydrogen) atoms. The smallest absolute Gasteiger partial charge is 0.298 e. The highest BCUT2D eigenvalue weighted by molar-refractivity contribution is 5.51. The fourth-order valence-electron chi connectivity index (χ4n) is 0.892. The molecule has 2 rings (SSSR count). The predicted molar refractivity (Wildman–Crippen MR) is 39.3 cm³/mol. The van der Waals surface area contributed by atoms with Crippen LogP contribution in [0.1, 0.15) is 2.74 Å². The van der Waals surface area contributed by atoms with E-state index < -0.39 is 6.75 Å². The Labute approximate surface area is 71.5 Å². The van der Waals surface area contributed by atoms with Crippen LogP contribution >= 0.6 is 0 Å². The quantitative estimate of drug-likeness (QED) is 0.617. The van der Waals surface area contributed by atoms with Gasteiger partial charge in [0.15, 0.2) is 11.5 Å². The van der Waals surface area contributed by atoms with Gasteiger partial charge >= 0.3 is 0 Å². The Morgan fingerprint density at radius 2 is 2.33 bits per heavy atom. The molecule has 0 saturated heterocycles. The molecule has 1 aromatic rings. The predicted octanol–water partition coefficient (Wildman–Crippen LogP) is 0.950. The third kappa shape index (κ3) is 1.07. The van der Waals surface area contributed by atoms with Gasteiger partial charge < -0.3 is 14.2 Å². The first-order chi connectivity index (χ1) is 6.61. The molecule has 0 amide bonds. The molecule has 62 valence electrons. The van der Waals surface area contributed by atoms with Crippen molar-refractivity contribution < 1.29 is 21.7 Å². The highest BCUT2D eigenvalue weighted by atomic mass is 16.7. The summed E-state index contributed by atoms with van der Waals surface area (Å²) in [6, 6.07) is 4.34. The third-order valence-electron chi connectivity index (χ3n) is 1.40. The number of benzene rings is 1. The van der Waals surface area contributed by atoms with Gasteiger partial charge in [0.2, 0.25) is 6.75 Å². The van der Waals surface area contributed by atoms with E-state index in [-0.39, 0.29) is 23.7 Å². The molecule has 1 aromatic carbocycles. The first-order valence-electron chi connectivity index (χ1n) is 4.23. The zero-order valence-corrected chi connectivity index (χ0v) is 5.94. The van der Waals surface area contributed by atoms with Gasteiger partial charge in [0.05, 0.1) is 0 Å². The van der Waals surface area contributed by atoms with Gasteiger partial charge in [-0.05, 0) is 12.1 Å². The average molecular weight is 168 g/mol. The summed E-state index contributed by atoms with van der Waals surface area (Å²) in [6.45, 7) is -1.87. The lowest BCUT2D eigenvalue weighted by atomic mass is 10.3. The molecule has 0 radical (unpaired) electrons. The topological polar surface area (TPSA) is 44.8 Å². The Morgan fingerprint density at radius 3 is 3.17 bits per heavy atom. The van der Waals surface area contributed by atoms with E-state index in [1.807, 2.05) is 0 Å². The molecule has 0 bridgehead atoms. The minimum absolute atomic E-state index is 0.217. The molecule has 1 aliphatic rings. The first-order valence-corrected chi connectivity index (χ1v) is 3.23. The molecule has 1 heterocycles. The van der Waals surface area contributed by atoms with Crippen LogP contribution in [-0.4, -0.2) is 13.2 Å². The van der Waals surface area contributed by atoms with Crippen LogP contribution < -0.4 is 14.2 Å². The number of fused-ring (bicyclic) bond motifs is 1. The molecule has 0 unspecified atom stereocenters. The zero-order valence-electron chi connectivity index (χ0n) is 7.94. The van der Waals surface area contributed by atoms with Crippen LogP contribution in [0.2, 0.25) is 0 Å². The maximum absolute atomic E-state index is 10.0. The fraction of sp³-hybridized carbons (Fsp3) is 0.125. The second-order valence-electron chi connectivity index (χ2n) is 2.11. The van der Waals surface area contributed by atoms with E-state index in [2.05, 4.69) is 4.74 Å². The number of carbonyl (C=O) groups is 1. The van der Waals surface area contributed by atoms with Crippen molar-refractivity contribution in [3.63, 3.8) is 0 Å². The van der Waals surface area contributed by atoms with Gasteiger partial charge in [0, 0.05) is 6.07 Å². The van der Waals surface area contributed by atoms with Crippen LogP contribution in [0.3, 0.4) is 0 Å². The highest BCUT2D eigenvalue weighted by Gasteiger charge is 2.13. The monoisotopic (exact) mass is 168 g/mol. The lowest BCUT2D eigenvalue weighted by Gasteiger charge is -1.98. The number of carbonyl (C=O) groups excluding carboxylic acids is 1. The van der Waals surface area contributed by atoms with E-state index in [0.29, 0.717) is 0 Å². The second-order valence-corrected chi connectivity index (χ2v) is 2.11. The third-order valence-corrected chi connectivity index (χ3v) is 1.40. The van der Waals surface area contributed by atoms with Gasteiger partial charge in [-0.25, -0.2) is 0 Å². The molecule has 0 N–H and O–H groups in total. The standard InChI is InChI=1S/C8H6O4/c9-4-10-6-1-2-7-8(3-6)12-5-11-7/h1-4H,5H2/i5D2. The molecule has 0 fully saturated rings. The maximum atomic E-state index is 10.0. The summed E-state index contributed by atoms with van der Waals surface area (Å²) >= 11 is 0. The molecular weight excluding hydrogens is 160 g/mol. The van der Waals surface area contributed by atoms with Crippen molar-refractivity contribution in [2.45, 2.75) is 0 Å². The molecule has 0 atom stereocenters. The zero-order chi connectivity index (χ0) is 10.2. The average Bonchev–Trinajstić information content (AvgIpc) is 2.38. The summed E-state index contributed by atoms with van der Waals surface area (Å²) in [4.78, 5) is 10.0. The molecule has 0 spiro atoms. The first kappa shape index (κ1) is 5.03. The number of rotatable bonds is 2. The summed E-state index contributed by atoms with van der Waals surface area (Å²) in [5.74, 6) is 0.780. The van der Waals surface area contributed by atoms with Crippen LogP contribution in [0.25, 0.3) is 0 Å². The van der Waals surface area contributed by atoms with Crippen molar-refractivity contribution in [3.05, 3.63) is 18.2 Å². The second kappa shape index (κ2) is 2.73. The Hall–Kier alpha value is -1.71. The minimum Gasteiger partial charge on any atom is -0.454 e. The molecule has 0 aliphatic carbocycles. The number of ether oxygens (including phenoxy) is 3. The van der Waals surface area contributed by atoms with Gasteiger partial charge in [-0.3, -0.25) is 4.79 Å². The highest BCUT2D eigenvalue weighted by Crippen LogP contribution is 2.34. The van der Waals surface area contributed by atoms with Gasteiger partial charge in [0.1, 0.15) is 8.49 Å². The van der Waals surface area contributed by atoms with Gasteiger partial charge in [0.25, 0.3) is 6.47 Å². The van der Waals surface area contributed by atoms with Gasteiger partial charge in [-0.2, -0.15) is 0 Å². The summed E-state index contributed by atoms with van der Waals surface area (Å²) in [7, 11) is 0. The molecule has 4 nitrogen and oxygen atoms in total. The SMILES string of the molecule is [2H]C1([2H])Oc2ccc(OC=O)cc2O1. The van der Waals surface area contributed by atoms with E-state index >= 15 is 0 Å². The molecular formula is C8H6O4. The summed E-state index contributed by atoms with van der Waals surface area (Å²) in [5.41, 5.74) is 0. The van der Waals surface area contributed by atoms with E-state index in [9.17, 15) is 4.79 Å². The number of hydrogen-bond donors (Lipinski definition) is 0. The van der Waals surface area contributed by atoms with E-state index in [0.717, 1.165) is 0 Å². The van der Waals surface area contributed by atoms with Crippen molar-refractivity contribution in [2.24, 2.45) is 0 Å². The summed E-state index contributed by atoms with van der Waals surface area (Å²) in [5, 5.41) is 0. The lowest BCUT2D eigenvalue weighted by molar-refractivity contribution is -0.120. The Morgan fingerprint density at radius 1 is 1.50 bits per heavy atom. The van der Waals surface area contributed by atoms with Crippen molar-refractivity contribution >= 4 is 6.47 Å². The van der Waals surface area contributed by atoms with Crippen LogP contribution in [0.4, 0.5) is 0 Å². The van der Waals surface area contributed by atoms with Gasteiger partial charge in [-0.15, -0.1) is 0 Å². The summed E-state index contributed by atoms with van der Waals surface area (Å²) in [6.07, 6.45) is 0. The Bertz CT molecular complexity index is 378. The Kier molecular flexibility index (Phi) is 1.14. The molecule has 0 aromatic heterocycles. The van der Waals surface area contributed by atoms with Gasteiger partial charge in [-0.1, -0.05) is 0 Å². The molecule has 4 heteroatoms. The largest absolute Gasteiger partial charge is 0.454 e. The van der Waals surface area contributed by atoms with Crippen molar-refractivity contribution in [1.29, 1.82) is 0 Å². The van der Waals surface area contributed by atoms with E-state index in [1.165, 1.54) is 18.2 Å². The van der Waals surface area contributed by atoms with Crippen LogP contribution in [0.5, 0.6) is 17.2 Å². The van der Waals surface area contributed by atoms with Crippen molar-refractivity contribution in [2.75, 3.05) is 6.75 Å². The van der Waals surface area contributed by atoms with Crippen LogP contribution in [0.15, 0.2) is 18.2 Å². The Balaban J connectivity index is 2.30. The number of hydrogen-bond acceptors (Lipinski definition) is 4. The molecule has 1 aliphatic heterocycles. The van der Waals surface area contributed by atoms with E-state index in [1.54, 1.807) is 0 Å². The maximum Gasteiger partial charge on any atom is 0.298 e. The van der Waals surface area contributed by atoms with Crippen LogP contribution in [0, 0.1) is 0 Å². The summed E-state index contributed by atoms with van der Waals surface area (Å²) < 4.78 is 28.5.